The van der Waals surface area contributed by atoms with E-state index in [0.29, 0.717) is 19.3 Å². The lowest BCUT2D eigenvalue weighted by molar-refractivity contribution is -0.0810. The fraction of sp³-hybridized carbons (Fsp3) is 1.00. The number of hydrogen-bond donors (Lipinski definition) is 1. The number of hydrogen-bond acceptors (Lipinski definition) is 1. The Hall–Kier alpha value is -0.110. The third kappa shape index (κ3) is 1.69. The molecular weight excluding hydrogens is 131 g/mol. The van der Waals surface area contributed by atoms with Crippen LogP contribution in [0.3, 0.4) is 0 Å². The van der Waals surface area contributed by atoms with Gasteiger partial charge in [-0.1, -0.05) is 20.8 Å². The molecule has 0 aromatic rings. The SMILES string of the molecule is CCC(CC)(CC)C(O)F. The Morgan fingerprint density at radius 1 is 1.20 bits per heavy atom. The smallest absolute Gasteiger partial charge is 0.201 e. The lowest BCUT2D eigenvalue weighted by Crippen LogP contribution is -2.29. The fourth-order valence-corrected chi connectivity index (χ4v) is 1.26. The molecule has 0 aliphatic carbocycles. The van der Waals surface area contributed by atoms with Crippen molar-refractivity contribution in [3.63, 3.8) is 0 Å². The van der Waals surface area contributed by atoms with Crippen LogP contribution in [0.15, 0.2) is 0 Å². The second-order valence-corrected chi connectivity index (χ2v) is 2.76. The topological polar surface area (TPSA) is 20.2 Å². The Kier molecular flexibility index (Phi) is 3.87. The molecule has 0 aliphatic heterocycles. The molecule has 0 aromatic carbocycles. The Labute approximate surface area is 62.3 Å². The van der Waals surface area contributed by atoms with Crippen molar-refractivity contribution in [3.8, 4) is 0 Å². The van der Waals surface area contributed by atoms with Crippen molar-refractivity contribution >= 4 is 0 Å². The molecule has 0 amide bonds. The van der Waals surface area contributed by atoms with Crippen molar-refractivity contribution in [2.75, 3.05) is 0 Å². The molecule has 0 spiro atoms. The number of aliphatic hydroxyl groups is 1. The average Bonchev–Trinajstić information content (AvgIpc) is 1.92. The van der Waals surface area contributed by atoms with E-state index in [1.165, 1.54) is 0 Å². The minimum Gasteiger partial charge on any atom is -0.364 e. The van der Waals surface area contributed by atoms with Gasteiger partial charge in [-0.2, -0.15) is 0 Å². The lowest BCUT2D eigenvalue weighted by atomic mass is 9.80. The summed E-state index contributed by atoms with van der Waals surface area (Å²) in [5.41, 5.74) is -0.486. The highest BCUT2D eigenvalue weighted by Gasteiger charge is 2.32. The van der Waals surface area contributed by atoms with Crippen LogP contribution in [0.1, 0.15) is 40.0 Å². The highest BCUT2D eigenvalue weighted by molar-refractivity contribution is 4.76. The van der Waals surface area contributed by atoms with Crippen LogP contribution < -0.4 is 0 Å². The molecule has 2 heteroatoms. The average molecular weight is 148 g/mol. The van der Waals surface area contributed by atoms with Gasteiger partial charge in [0.1, 0.15) is 0 Å². The van der Waals surface area contributed by atoms with Crippen LogP contribution in [0, 0.1) is 5.41 Å². The van der Waals surface area contributed by atoms with Gasteiger partial charge in [-0.15, -0.1) is 0 Å². The van der Waals surface area contributed by atoms with E-state index >= 15 is 0 Å². The molecule has 0 fully saturated rings. The molecule has 0 aromatic heterocycles. The third-order valence-corrected chi connectivity index (χ3v) is 2.62. The molecule has 0 radical (unpaired) electrons. The van der Waals surface area contributed by atoms with Gasteiger partial charge in [-0.3, -0.25) is 0 Å². The lowest BCUT2D eigenvalue weighted by Gasteiger charge is -2.30. The van der Waals surface area contributed by atoms with Gasteiger partial charge in [0.15, 0.2) is 0 Å². The zero-order valence-corrected chi connectivity index (χ0v) is 7.02. The summed E-state index contributed by atoms with van der Waals surface area (Å²) in [6, 6.07) is 0. The first-order valence-corrected chi connectivity index (χ1v) is 3.95. The van der Waals surface area contributed by atoms with Crippen LogP contribution in [-0.4, -0.2) is 11.5 Å². The van der Waals surface area contributed by atoms with Crippen molar-refractivity contribution in [3.05, 3.63) is 0 Å². The van der Waals surface area contributed by atoms with Crippen molar-refractivity contribution in [2.24, 2.45) is 5.41 Å². The van der Waals surface area contributed by atoms with E-state index in [0.717, 1.165) is 0 Å². The van der Waals surface area contributed by atoms with Gasteiger partial charge >= 0.3 is 0 Å². The molecule has 10 heavy (non-hydrogen) atoms. The summed E-state index contributed by atoms with van der Waals surface area (Å²) in [4.78, 5) is 0. The van der Waals surface area contributed by atoms with Crippen LogP contribution in [0.25, 0.3) is 0 Å². The predicted molar refractivity (Wildman–Crippen MR) is 40.4 cm³/mol. The maximum Gasteiger partial charge on any atom is 0.201 e. The molecule has 1 atom stereocenters. The predicted octanol–water partition coefficient (Wildman–Crippen LogP) is 2.49. The van der Waals surface area contributed by atoms with Gasteiger partial charge in [-0.25, -0.2) is 4.39 Å². The minimum atomic E-state index is -1.66. The second kappa shape index (κ2) is 3.91. The Bertz CT molecular complexity index is 79.0. The van der Waals surface area contributed by atoms with E-state index in [1.54, 1.807) is 0 Å². The molecule has 0 saturated heterocycles. The van der Waals surface area contributed by atoms with E-state index in [-0.39, 0.29) is 0 Å². The van der Waals surface area contributed by atoms with Crippen molar-refractivity contribution in [2.45, 2.75) is 46.4 Å². The third-order valence-electron chi connectivity index (χ3n) is 2.62. The summed E-state index contributed by atoms with van der Waals surface area (Å²) >= 11 is 0. The summed E-state index contributed by atoms with van der Waals surface area (Å²) in [5, 5.41) is 8.80. The second-order valence-electron chi connectivity index (χ2n) is 2.76. The maximum atomic E-state index is 12.6. The summed E-state index contributed by atoms with van der Waals surface area (Å²) in [6.45, 7) is 5.74. The van der Waals surface area contributed by atoms with Gasteiger partial charge in [0.25, 0.3) is 0 Å². The molecule has 0 bridgehead atoms. The van der Waals surface area contributed by atoms with Crippen molar-refractivity contribution in [1.29, 1.82) is 0 Å². The van der Waals surface area contributed by atoms with E-state index in [9.17, 15) is 4.39 Å². The van der Waals surface area contributed by atoms with E-state index in [2.05, 4.69) is 0 Å². The molecule has 0 saturated carbocycles. The zero-order valence-electron chi connectivity index (χ0n) is 7.02. The molecule has 0 heterocycles. The first-order chi connectivity index (χ1) is 4.63. The first-order valence-electron chi connectivity index (χ1n) is 3.95. The number of alkyl halides is 1. The zero-order chi connectivity index (χ0) is 8.20. The van der Waals surface area contributed by atoms with Crippen LogP contribution in [0.4, 0.5) is 4.39 Å². The van der Waals surface area contributed by atoms with Gasteiger partial charge < -0.3 is 5.11 Å². The molecule has 62 valence electrons. The molecule has 1 unspecified atom stereocenters. The molecule has 1 N–H and O–H groups in total. The van der Waals surface area contributed by atoms with Gasteiger partial charge in [0.05, 0.1) is 0 Å². The summed E-state index contributed by atoms with van der Waals surface area (Å²) < 4.78 is 12.6. The van der Waals surface area contributed by atoms with E-state index in [1.807, 2.05) is 20.8 Å². The van der Waals surface area contributed by atoms with Gasteiger partial charge in [0.2, 0.25) is 6.36 Å². The Morgan fingerprint density at radius 2 is 1.50 bits per heavy atom. The molecule has 0 aliphatic rings. The summed E-state index contributed by atoms with van der Waals surface area (Å²) in [5.74, 6) is 0. The molecular formula is C8H17FO. The highest BCUT2D eigenvalue weighted by atomic mass is 19.1. The minimum absolute atomic E-state index is 0.486. The highest BCUT2D eigenvalue weighted by Crippen LogP contribution is 2.34. The van der Waals surface area contributed by atoms with Gasteiger partial charge in [-0.05, 0) is 19.3 Å². The Morgan fingerprint density at radius 3 is 1.50 bits per heavy atom. The van der Waals surface area contributed by atoms with E-state index < -0.39 is 11.8 Å². The summed E-state index contributed by atoms with van der Waals surface area (Å²) in [7, 11) is 0. The summed E-state index contributed by atoms with van der Waals surface area (Å²) in [6.07, 6.45) is 0.458. The number of rotatable bonds is 4. The van der Waals surface area contributed by atoms with Gasteiger partial charge in [0, 0.05) is 5.41 Å². The van der Waals surface area contributed by atoms with Crippen LogP contribution in [0.5, 0.6) is 0 Å². The van der Waals surface area contributed by atoms with Crippen LogP contribution in [-0.2, 0) is 0 Å². The normalized spacial score (nSPS) is 15.3. The largest absolute Gasteiger partial charge is 0.364 e. The monoisotopic (exact) mass is 148 g/mol. The van der Waals surface area contributed by atoms with Crippen LogP contribution >= 0.6 is 0 Å². The van der Waals surface area contributed by atoms with E-state index in [4.69, 9.17) is 5.11 Å². The fourth-order valence-electron chi connectivity index (χ4n) is 1.26. The van der Waals surface area contributed by atoms with Crippen LogP contribution in [0.2, 0.25) is 0 Å². The Balaban J connectivity index is 4.15. The molecule has 0 rings (SSSR count). The quantitative estimate of drug-likeness (QED) is 0.649. The van der Waals surface area contributed by atoms with Crippen molar-refractivity contribution in [1.82, 2.24) is 0 Å². The standard InChI is InChI=1S/C8H17FO/c1-4-8(5-2,6-3)7(9)10/h7,10H,4-6H2,1-3H3. The molecule has 1 nitrogen and oxygen atoms in total. The first kappa shape index (κ1) is 9.89. The number of aliphatic hydroxyl groups excluding tert-OH is 1. The van der Waals surface area contributed by atoms with Crippen molar-refractivity contribution < 1.29 is 9.50 Å². The number of halogens is 1. The maximum absolute atomic E-state index is 12.6.